The van der Waals surface area contributed by atoms with E-state index in [4.69, 9.17) is 11.6 Å². The van der Waals surface area contributed by atoms with E-state index in [1.165, 1.54) is 6.92 Å². The van der Waals surface area contributed by atoms with Gasteiger partial charge in [-0.05, 0) is 19.1 Å². The molecule has 0 aliphatic carbocycles. The number of carbonyl (C=O) groups excluding carboxylic acids is 1. The van der Waals surface area contributed by atoms with Crippen LogP contribution in [-0.4, -0.2) is 11.7 Å². The first-order valence-electron chi connectivity index (χ1n) is 3.61. The Morgan fingerprint density at radius 1 is 1.46 bits per heavy atom. The second kappa shape index (κ2) is 3.83. The van der Waals surface area contributed by atoms with Crippen molar-refractivity contribution in [2.45, 2.75) is 6.92 Å². The highest BCUT2D eigenvalue weighted by Gasteiger charge is 2.14. The third-order valence-electron chi connectivity index (χ3n) is 1.74. The van der Waals surface area contributed by atoms with Gasteiger partial charge in [-0.15, -0.1) is 11.6 Å². The Bertz CT molecular complexity index is 350. The van der Waals surface area contributed by atoms with Crippen molar-refractivity contribution in [2.75, 3.05) is 5.88 Å². The monoisotopic (exact) mass is 204 g/mol. The molecule has 0 radical (unpaired) electrons. The molecule has 1 nitrogen and oxygen atoms in total. The molecule has 4 heteroatoms. The fourth-order valence-corrected chi connectivity index (χ4v) is 1.09. The van der Waals surface area contributed by atoms with E-state index in [2.05, 4.69) is 0 Å². The van der Waals surface area contributed by atoms with Crippen LogP contribution in [0.5, 0.6) is 0 Å². The molecule has 0 aromatic heterocycles. The van der Waals surface area contributed by atoms with E-state index in [9.17, 15) is 13.6 Å². The molecule has 0 spiro atoms. The molecule has 0 aliphatic rings. The van der Waals surface area contributed by atoms with E-state index in [-0.39, 0.29) is 17.0 Å². The Kier molecular flexibility index (Phi) is 2.98. The van der Waals surface area contributed by atoms with Crippen molar-refractivity contribution in [1.82, 2.24) is 0 Å². The molecule has 0 amide bonds. The van der Waals surface area contributed by atoms with Gasteiger partial charge in [0.2, 0.25) is 0 Å². The summed E-state index contributed by atoms with van der Waals surface area (Å²) in [4.78, 5) is 11.0. The van der Waals surface area contributed by atoms with E-state index in [1.807, 2.05) is 0 Å². The van der Waals surface area contributed by atoms with Crippen LogP contribution in [0.25, 0.3) is 0 Å². The lowest BCUT2D eigenvalue weighted by atomic mass is 10.1. The van der Waals surface area contributed by atoms with Crippen molar-refractivity contribution in [3.8, 4) is 0 Å². The van der Waals surface area contributed by atoms with Crippen molar-refractivity contribution in [2.24, 2.45) is 0 Å². The second-order valence-electron chi connectivity index (χ2n) is 2.59. The van der Waals surface area contributed by atoms with Crippen LogP contribution >= 0.6 is 11.6 Å². The van der Waals surface area contributed by atoms with Crippen LogP contribution < -0.4 is 0 Å². The first-order valence-corrected chi connectivity index (χ1v) is 4.15. The molecule has 13 heavy (non-hydrogen) atoms. The molecule has 0 atom stereocenters. The third-order valence-corrected chi connectivity index (χ3v) is 1.98. The number of halogens is 3. The Hall–Kier alpha value is -0.960. The van der Waals surface area contributed by atoms with Crippen LogP contribution in [0.2, 0.25) is 0 Å². The van der Waals surface area contributed by atoms with Crippen molar-refractivity contribution >= 4 is 17.4 Å². The summed E-state index contributed by atoms with van der Waals surface area (Å²) in [5, 5.41) is 0. The summed E-state index contributed by atoms with van der Waals surface area (Å²) in [6.45, 7) is 1.27. The van der Waals surface area contributed by atoms with Gasteiger partial charge in [-0.25, -0.2) is 8.78 Å². The van der Waals surface area contributed by atoms with Gasteiger partial charge in [-0.2, -0.15) is 0 Å². The minimum absolute atomic E-state index is 0.157. The SMILES string of the molecule is Cc1c(F)ccc(C(=O)CCl)c1F. The lowest BCUT2D eigenvalue weighted by Crippen LogP contribution is -2.06. The summed E-state index contributed by atoms with van der Waals surface area (Å²) < 4.78 is 25.9. The number of benzene rings is 1. The summed E-state index contributed by atoms with van der Waals surface area (Å²) >= 11 is 5.24. The van der Waals surface area contributed by atoms with Gasteiger partial charge in [0.15, 0.2) is 5.78 Å². The molecule has 0 saturated heterocycles. The van der Waals surface area contributed by atoms with Crippen LogP contribution in [0.1, 0.15) is 15.9 Å². The van der Waals surface area contributed by atoms with Gasteiger partial charge in [-0.1, -0.05) is 0 Å². The molecule has 1 aromatic rings. The number of hydrogen-bond donors (Lipinski definition) is 0. The van der Waals surface area contributed by atoms with Gasteiger partial charge < -0.3 is 0 Å². The number of hydrogen-bond acceptors (Lipinski definition) is 1. The number of ketones is 1. The highest BCUT2D eigenvalue weighted by atomic mass is 35.5. The minimum atomic E-state index is -0.828. The summed E-state index contributed by atoms with van der Waals surface area (Å²) in [5.74, 6) is -2.33. The molecule has 70 valence electrons. The second-order valence-corrected chi connectivity index (χ2v) is 2.86. The van der Waals surface area contributed by atoms with Gasteiger partial charge >= 0.3 is 0 Å². The number of rotatable bonds is 2. The zero-order valence-corrected chi connectivity index (χ0v) is 7.66. The van der Waals surface area contributed by atoms with E-state index >= 15 is 0 Å². The highest BCUT2D eigenvalue weighted by molar-refractivity contribution is 6.30. The van der Waals surface area contributed by atoms with Crippen molar-refractivity contribution in [1.29, 1.82) is 0 Å². The van der Waals surface area contributed by atoms with Crippen molar-refractivity contribution in [3.05, 3.63) is 34.9 Å². The fourth-order valence-electron chi connectivity index (χ4n) is 0.949. The molecule has 0 saturated carbocycles. The normalized spacial score (nSPS) is 10.2. The zero-order valence-electron chi connectivity index (χ0n) is 6.90. The van der Waals surface area contributed by atoms with Gasteiger partial charge in [0.05, 0.1) is 11.4 Å². The van der Waals surface area contributed by atoms with Crippen LogP contribution in [0.4, 0.5) is 8.78 Å². The molecule has 0 bridgehead atoms. The lowest BCUT2D eigenvalue weighted by molar-refractivity contribution is 0.101. The smallest absolute Gasteiger partial charge is 0.180 e. The molecule has 1 aromatic carbocycles. The van der Waals surface area contributed by atoms with Crippen LogP contribution in [0, 0.1) is 18.6 Å². The Balaban J connectivity index is 3.26. The quantitative estimate of drug-likeness (QED) is 0.535. The molecule has 0 aliphatic heterocycles. The number of alkyl halides is 1. The first-order chi connectivity index (χ1) is 6.07. The van der Waals surface area contributed by atoms with Crippen LogP contribution in [-0.2, 0) is 0 Å². The van der Waals surface area contributed by atoms with E-state index < -0.39 is 17.4 Å². The fraction of sp³-hybridized carbons (Fsp3) is 0.222. The predicted molar refractivity (Wildman–Crippen MR) is 46.1 cm³/mol. The molecule has 1 rings (SSSR count). The van der Waals surface area contributed by atoms with Gasteiger partial charge in [0.1, 0.15) is 11.6 Å². The average molecular weight is 205 g/mol. The largest absolute Gasteiger partial charge is 0.293 e. The Labute approximate surface area is 79.3 Å². The summed E-state index contributed by atoms with van der Waals surface area (Å²) in [6, 6.07) is 2.15. The maximum Gasteiger partial charge on any atom is 0.180 e. The average Bonchev–Trinajstić information content (AvgIpc) is 2.13. The molecule has 0 N–H and O–H groups in total. The summed E-state index contributed by atoms with van der Waals surface area (Å²) in [7, 11) is 0. The molecule has 0 heterocycles. The molecule has 0 fully saturated rings. The van der Waals surface area contributed by atoms with Crippen LogP contribution in [0.3, 0.4) is 0 Å². The van der Waals surface area contributed by atoms with E-state index in [1.54, 1.807) is 0 Å². The van der Waals surface area contributed by atoms with Gasteiger partial charge in [0.25, 0.3) is 0 Å². The van der Waals surface area contributed by atoms with Gasteiger partial charge in [0, 0.05) is 5.56 Å². The first kappa shape index (κ1) is 10.1. The van der Waals surface area contributed by atoms with E-state index in [0.717, 1.165) is 12.1 Å². The Morgan fingerprint density at radius 3 is 2.62 bits per heavy atom. The third kappa shape index (κ3) is 1.86. The lowest BCUT2D eigenvalue weighted by Gasteiger charge is -2.03. The topological polar surface area (TPSA) is 17.1 Å². The summed E-state index contributed by atoms with van der Waals surface area (Å²) in [6.07, 6.45) is 0. The molecule has 0 unspecified atom stereocenters. The maximum absolute atomic E-state index is 13.2. The van der Waals surface area contributed by atoms with Crippen molar-refractivity contribution in [3.63, 3.8) is 0 Å². The Morgan fingerprint density at radius 2 is 2.08 bits per heavy atom. The molecular weight excluding hydrogens is 198 g/mol. The van der Waals surface area contributed by atoms with Crippen molar-refractivity contribution < 1.29 is 13.6 Å². The molecular formula is C9H7ClF2O. The standard InChI is InChI=1S/C9H7ClF2O/c1-5-7(11)3-2-6(9(5)12)8(13)4-10/h2-3H,4H2,1H3. The van der Waals surface area contributed by atoms with E-state index in [0.29, 0.717) is 0 Å². The van der Waals surface area contributed by atoms with Crippen LogP contribution in [0.15, 0.2) is 12.1 Å². The number of carbonyl (C=O) groups is 1. The number of Topliss-reactive ketones (excluding diaryl/α,β-unsaturated/α-hetero) is 1. The maximum atomic E-state index is 13.2. The predicted octanol–water partition coefficient (Wildman–Crippen LogP) is 2.69. The highest BCUT2D eigenvalue weighted by Crippen LogP contribution is 2.16. The minimum Gasteiger partial charge on any atom is -0.293 e. The summed E-state index contributed by atoms with van der Waals surface area (Å²) in [5.41, 5.74) is -0.315. The van der Waals surface area contributed by atoms with Gasteiger partial charge in [-0.3, -0.25) is 4.79 Å². The zero-order chi connectivity index (χ0) is 10.0.